The molecule has 3 aromatic heterocycles. The van der Waals surface area contributed by atoms with Gasteiger partial charge in [0.05, 0.1) is 16.1 Å². The van der Waals surface area contributed by atoms with Gasteiger partial charge in [-0.1, -0.05) is 40.7 Å². The van der Waals surface area contributed by atoms with Gasteiger partial charge in [0.1, 0.15) is 0 Å². The third-order valence-electron chi connectivity index (χ3n) is 4.21. The Morgan fingerprint density at radius 3 is 2.36 bits per heavy atom. The van der Waals surface area contributed by atoms with Gasteiger partial charge in [0.25, 0.3) is 5.91 Å². The Hall–Kier alpha value is -3.38. The summed E-state index contributed by atoms with van der Waals surface area (Å²) in [6.07, 6.45) is 6.67. The number of hydrogen-bond acceptors (Lipinski definition) is 5. The Morgan fingerprint density at radius 1 is 0.929 bits per heavy atom. The molecule has 1 aromatic carbocycles. The molecule has 28 heavy (non-hydrogen) atoms. The van der Waals surface area contributed by atoms with Crippen LogP contribution in [-0.4, -0.2) is 20.9 Å². The Balaban J connectivity index is 1.77. The van der Waals surface area contributed by atoms with E-state index in [0.29, 0.717) is 10.7 Å². The van der Waals surface area contributed by atoms with Gasteiger partial charge in [0, 0.05) is 30.4 Å². The van der Waals surface area contributed by atoms with Crippen molar-refractivity contribution in [2.45, 2.75) is 13.8 Å². The summed E-state index contributed by atoms with van der Waals surface area (Å²) in [6.45, 7) is 4.16. The van der Waals surface area contributed by atoms with E-state index in [-0.39, 0.29) is 5.91 Å². The molecule has 1 amide bonds. The van der Waals surface area contributed by atoms with Crippen molar-refractivity contribution in [3.8, 4) is 21.7 Å². The number of aromatic nitrogens is 3. The molecule has 3 heterocycles. The minimum Gasteiger partial charge on any atom is -0.298 e. The maximum Gasteiger partial charge on any atom is 0.259 e. The van der Waals surface area contributed by atoms with Gasteiger partial charge in [-0.3, -0.25) is 20.1 Å². The van der Waals surface area contributed by atoms with Gasteiger partial charge in [-0.05, 0) is 43.7 Å². The number of benzene rings is 1. The molecule has 0 spiro atoms. The second-order valence-electron chi connectivity index (χ2n) is 6.50. The van der Waals surface area contributed by atoms with Gasteiger partial charge in [0.2, 0.25) is 0 Å². The predicted octanol–water partition coefficient (Wildman–Crippen LogP) is 5.14. The molecule has 0 aliphatic heterocycles. The third kappa shape index (κ3) is 3.82. The van der Waals surface area contributed by atoms with Crippen LogP contribution < -0.4 is 5.32 Å². The van der Waals surface area contributed by atoms with E-state index < -0.39 is 0 Å². The average Bonchev–Trinajstić information content (AvgIpc) is 3.12. The number of carbonyl (C=O) groups is 1. The topological polar surface area (TPSA) is 67.8 Å². The maximum absolute atomic E-state index is 12.5. The lowest BCUT2D eigenvalue weighted by Crippen LogP contribution is -2.11. The van der Waals surface area contributed by atoms with Gasteiger partial charge in [-0.15, -0.1) is 0 Å². The van der Waals surface area contributed by atoms with Crippen molar-refractivity contribution in [1.82, 2.24) is 15.0 Å². The van der Waals surface area contributed by atoms with Crippen LogP contribution in [0.4, 0.5) is 5.13 Å². The van der Waals surface area contributed by atoms with E-state index >= 15 is 0 Å². The molecule has 0 unspecified atom stereocenters. The standard InChI is InChI=1S/C22H18N4OS/c1-14-10-15(2)12-18(11-14)20-19(16-5-8-23-9-6-16)25-22(28-20)26-21(27)17-4-3-7-24-13-17/h3-13H,1-2H3,(H,25,26,27). The van der Waals surface area contributed by atoms with Crippen LogP contribution in [0, 0.1) is 13.8 Å². The lowest BCUT2D eigenvalue weighted by Gasteiger charge is -2.05. The van der Waals surface area contributed by atoms with E-state index in [1.54, 1.807) is 30.7 Å². The highest BCUT2D eigenvalue weighted by Gasteiger charge is 2.17. The van der Waals surface area contributed by atoms with Crippen LogP contribution in [0.1, 0.15) is 21.5 Å². The van der Waals surface area contributed by atoms with Crippen LogP contribution in [0.25, 0.3) is 21.7 Å². The van der Waals surface area contributed by atoms with Crippen LogP contribution >= 0.6 is 11.3 Å². The van der Waals surface area contributed by atoms with Crippen molar-refractivity contribution in [3.05, 3.63) is 83.9 Å². The molecule has 1 N–H and O–H groups in total. The van der Waals surface area contributed by atoms with Crippen molar-refractivity contribution in [3.63, 3.8) is 0 Å². The van der Waals surface area contributed by atoms with Gasteiger partial charge in [-0.2, -0.15) is 0 Å². The molecular weight excluding hydrogens is 368 g/mol. The van der Waals surface area contributed by atoms with Gasteiger partial charge < -0.3 is 0 Å². The SMILES string of the molecule is Cc1cc(C)cc(-c2sc(NC(=O)c3cccnc3)nc2-c2ccncc2)c1. The molecule has 4 rings (SSSR count). The first-order valence-electron chi connectivity index (χ1n) is 8.81. The number of rotatable bonds is 4. The fourth-order valence-corrected chi connectivity index (χ4v) is 4.02. The number of nitrogens with zero attached hydrogens (tertiary/aromatic N) is 3. The average molecular weight is 386 g/mol. The van der Waals surface area contributed by atoms with E-state index in [9.17, 15) is 4.79 Å². The summed E-state index contributed by atoms with van der Waals surface area (Å²) in [7, 11) is 0. The van der Waals surface area contributed by atoms with E-state index in [0.717, 1.165) is 21.7 Å². The Morgan fingerprint density at radius 2 is 1.68 bits per heavy atom. The fraction of sp³-hybridized carbons (Fsp3) is 0.0909. The molecule has 0 atom stereocenters. The zero-order chi connectivity index (χ0) is 19.5. The number of anilines is 1. The van der Waals surface area contributed by atoms with E-state index in [2.05, 4.69) is 47.3 Å². The molecule has 0 fully saturated rings. The summed E-state index contributed by atoms with van der Waals surface area (Å²) in [4.78, 5) is 26.4. The Bertz CT molecular complexity index is 1100. The molecule has 4 aromatic rings. The first-order valence-corrected chi connectivity index (χ1v) is 9.63. The number of hydrogen-bond donors (Lipinski definition) is 1. The third-order valence-corrected chi connectivity index (χ3v) is 5.23. The van der Waals surface area contributed by atoms with Crippen LogP contribution in [-0.2, 0) is 0 Å². The van der Waals surface area contributed by atoms with Crippen LogP contribution in [0.15, 0.2) is 67.3 Å². The van der Waals surface area contributed by atoms with Gasteiger partial charge in [-0.25, -0.2) is 4.98 Å². The zero-order valence-corrected chi connectivity index (χ0v) is 16.3. The second kappa shape index (κ2) is 7.70. The van der Waals surface area contributed by atoms with Crippen molar-refractivity contribution < 1.29 is 4.79 Å². The first-order chi connectivity index (χ1) is 13.6. The van der Waals surface area contributed by atoms with Gasteiger partial charge >= 0.3 is 0 Å². The van der Waals surface area contributed by atoms with E-state index in [1.165, 1.54) is 28.7 Å². The highest BCUT2D eigenvalue weighted by Crippen LogP contribution is 2.39. The highest BCUT2D eigenvalue weighted by atomic mass is 32.1. The number of amides is 1. The molecule has 0 saturated carbocycles. The molecular formula is C22H18N4OS. The summed E-state index contributed by atoms with van der Waals surface area (Å²) in [5.41, 5.74) is 5.75. The highest BCUT2D eigenvalue weighted by molar-refractivity contribution is 7.19. The monoisotopic (exact) mass is 386 g/mol. The molecule has 138 valence electrons. The predicted molar refractivity (Wildman–Crippen MR) is 112 cm³/mol. The van der Waals surface area contributed by atoms with Crippen molar-refractivity contribution in [2.24, 2.45) is 0 Å². The molecule has 6 heteroatoms. The Labute approximate surface area is 167 Å². The minimum atomic E-state index is -0.227. The largest absolute Gasteiger partial charge is 0.298 e. The summed E-state index contributed by atoms with van der Waals surface area (Å²) in [5, 5.41) is 3.45. The number of aryl methyl sites for hydroxylation is 2. The molecule has 0 saturated heterocycles. The summed E-state index contributed by atoms with van der Waals surface area (Å²) < 4.78 is 0. The Kier molecular flexibility index (Phi) is 4.95. The van der Waals surface area contributed by atoms with Crippen LogP contribution in [0.5, 0.6) is 0 Å². The molecule has 0 aliphatic rings. The number of thiazole rings is 1. The molecule has 5 nitrogen and oxygen atoms in total. The summed E-state index contributed by atoms with van der Waals surface area (Å²) in [5.74, 6) is -0.227. The molecule has 0 bridgehead atoms. The maximum atomic E-state index is 12.5. The lowest BCUT2D eigenvalue weighted by molar-refractivity contribution is 0.102. The quantitative estimate of drug-likeness (QED) is 0.527. The zero-order valence-electron chi connectivity index (χ0n) is 15.5. The van der Waals surface area contributed by atoms with Gasteiger partial charge in [0.15, 0.2) is 5.13 Å². The number of carbonyl (C=O) groups excluding carboxylic acids is 1. The number of pyridine rings is 2. The van der Waals surface area contributed by atoms with Crippen molar-refractivity contribution in [1.29, 1.82) is 0 Å². The smallest absolute Gasteiger partial charge is 0.259 e. The van der Waals surface area contributed by atoms with Crippen molar-refractivity contribution in [2.75, 3.05) is 5.32 Å². The number of nitrogens with one attached hydrogen (secondary N) is 1. The van der Waals surface area contributed by atoms with E-state index in [4.69, 9.17) is 4.98 Å². The van der Waals surface area contributed by atoms with E-state index in [1.807, 2.05) is 12.1 Å². The van der Waals surface area contributed by atoms with Crippen LogP contribution in [0.2, 0.25) is 0 Å². The van der Waals surface area contributed by atoms with Crippen molar-refractivity contribution >= 4 is 22.4 Å². The lowest BCUT2D eigenvalue weighted by atomic mass is 10.0. The minimum absolute atomic E-state index is 0.227. The normalized spacial score (nSPS) is 10.6. The van der Waals surface area contributed by atoms with Crippen LogP contribution in [0.3, 0.4) is 0 Å². The molecule has 0 aliphatic carbocycles. The summed E-state index contributed by atoms with van der Waals surface area (Å²) in [6, 6.07) is 13.7. The first kappa shape index (κ1) is 18.0. The molecule has 0 radical (unpaired) electrons. The second-order valence-corrected chi connectivity index (χ2v) is 7.50. The summed E-state index contributed by atoms with van der Waals surface area (Å²) >= 11 is 1.46. The fourth-order valence-electron chi connectivity index (χ4n) is 3.05.